The first-order valence-electron chi connectivity index (χ1n) is 3.19. The summed E-state index contributed by atoms with van der Waals surface area (Å²) in [5.74, 6) is -0.674. The molecule has 0 saturated carbocycles. The maximum atomic E-state index is 12.1. The van der Waals surface area contributed by atoms with Gasteiger partial charge in [-0.1, -0.05) is 0 Å². The Morgan fingerprint density at radius 3 is 2.38 bits per heavy atom. The number of nitrogens with two attached hydrogens (primary N) is 1. The second kappa shape index (κ2) is 2.94. The van der Waals surface area contributed by atoms with Crippen LogP contribution in [0, 0.1) is 11.3 Å². The lowest BCUT2D eigenvalue weighted by atomic mass is 10.2. The average Bonchev–Trinajstić information content (AvgIpc) is 2.01. The van der Waals surface area contributed by atoms with Crippen LogP contribution < -0.4 is 5.73 Å². The highest BCUT2D eigenvalue weighted by Crippen LogP contribution is 2.32. The van der Waals surface area contributed by atoms with Gasteiger partial charge in [-0.3, -0.25) is 0 Å². The molecule has 0 spiro atoms. The van der Waals surface area contributed by atoms with Gasteiger partial charge in [-0.15, -0.1) is 0 Å². The van der Waals surface area contributed by atoms with E-state index in [0.717, 1.165) is 12.1 Å². The fraction of sp³-hybridized carbons (Fsp3) is 0.143. The Morgan fingerprint density at radius 2 is 2.00 bits per heavy atom. The average molecular weight is 187 g/mol. The molecule has 0 aliphatic carbocycles. The monoisotopic (exact) mass is 187 g/mol. The molecule has 0 atom stereocenters. The van der Waals surface area contributed by atoms with Gasteiger partial charge in [0.1, 0.15) is 17.6 Å². The van der Waals surface area contributed by atoms with Gasteiger partial charge < -0.3 is 5.73 Å². The predicted octanol–water partition coefficient (Wildman–Crippen LogP) is 1.55. The smallest absolute Gasteiger partial charge is 0.383 e. The largest absolute Gasteiger partial charge is 0.419 e. The molecule has 1 heterocycles. The fourth-order valence-corrected chi connectivity index (χ4v) is 0.777. The lowest BCUT2D eigenvalue weighted by Gasteiger charge is -2.07. The van der Waals surface area contributed by atoms with E-state index in [4.69, 9.17) is 11.0 Å². The Hall–Kier alpha value is -1.77. The number of pyridine rings is 1. The fourth-order valence-electron chi connectivity index (χ4n) is 0.777. The quantitative estimate of drug-likeness (QED) is 0.670. The van der Waals surface area contributed by atoms with Gasteiger partial charge in [0.2, 0.25) is 0 Å². The summed E-state index contributed by atoms with van der Waals surface area (Å²) in [6.45, 7) is 0. The molecule has 3 nitrogen and oxygen atoms in total. The van der Waals surface area contributed by atoms with Gasteiger partial charge in [-0.05, 0) is 12.1 Å². The molecule has 0 aliphatic heterocycles. The van der Waals surface area contributed by atoms with Crippen molar-refractivity contribution >= 4 is 5.82 Å². The molecular weight excluding hydrogens is 183 g/mol. The summed E-state index contributed by atoms with van der Waals surface area (Å²) < 4.78 is 36.2. The maximum absolute atomic E-state index is 12.1. The van der Waals surface area contributed by atoms with Crippen LogP contribution in [0.25, 0.3) is 0 Å². The Labute approximate surface area is 71.6 Å². The standard InChI is InChI=1S/C7H4F3N3/c8-7(9,10)5-2-1-4(3-11)13-6(5)12/h1-2H,(H2,12,13). The number of nitrogens with zero attached hydrogens (tertiary/aromatic N) is 2. The van der Waals surface area contributed by atoms with E-state index in [-0.39, 0.29) is 5.69 Å². The lowest BCUT2D eigenvalue weighted by molar-refractivity contribution is -0.137. The summed E-state index contributed by atoms with van der Waals surface area (Å²) in [6.07, 6.45) is -4.52. The van der Waals surface area contributed by atoms with Crippen LogP contribution in [0.3, 0.4) is 0 Å². The minimum absolute atomic E-state index is 0.134. The van der Waals surface area contributed by atoms with Crippen LogP contribution in [-0.2, 0) is 6.18 Å². The molecule has 1 rings (SSSR count). The number of nitriles is 1. The lowest BCUT2D eigenvalue weighted by Crippen LogP contribution is -2.10. The zero-order chi connectivity index (χ0) is 10.1. The highest BCUT2D eigenvalue weighted by Gasteiger charge is 2.33. The number of nitrogen functional groups attached to an aromatic ring is 1. The van der Waals surface area contributed by atoms with Gasteiger partial charge in [0.05, 0.1) is 5.56 Å². The zero-order valence-corrected chi connectivity index (χ0v) is 6.26. The van der Waals surface area contributed by atoms with Crippen LogP contribution in [0.15, 0.2) is 12.1 Å². The summed E-state index contributed by atoms with van der Waals surface area (Å²) >= 11 is 0. The number of hydrogen-bond donors (Lipinski definition) is 1. The van der Waals surface area contributed by atoms with Crippen LogP contribution in [-0.4, -0.2) is 4.98 Å². The molecule has 0 radical (unpaired) electrons. The third-order valence-electron chi connectivity index (χ3n) is 1.34. The highest BCUT2D eigenvalue weighted by atomic mass is 19.4. The number of rotatable bonds is 0. The normalized spacial score (nSPS) is 10.9. The first kappa shape index (κ1) is 9.32. The van der Waals surface area contributed by atoms with E-state index in [9.17, 15) is 13.2 Å². The molecule has 13 heavy (non-hydrogen) atoms. The Balaban J connectivity index is 3.23. The third kappa shape index (κ3) is 1.87. The van der Waals surface area contributed by atoms with Crippen molar-refractivity contribution in [3.8, 4) is 6.07 Å². The summed E-state index contributed by atoms with van der Waals surface area (Å²) in [5, 5.41) is 8.31. The SMILES string of the molecule is N#Cc1ccc(C(F)(F)F)c(N)n1. The second-order valence-corrected chi connectivity index (χ2v) is 2.24. The third-order valence-corrected chi connectivity index (χ3v) is 1.34. The molecule has 1 aromatic heterocycles. The van der Waals surface area contributed by atoms with Gasteiger partial charge in [-0.25, -0.2) is 4.98 Å². The Morgan fingerprint density at radius 1 is 1.38 bits per heavy atom. The van der Waals surface area contributed by atoms with Crippen LogP contribution >= 0.6 is 0 Å². The van der Waals surface area contributed by atoms with Crippen LogP contribution in [0.5, 0.6) is 0 Å². The summed E-state index contributed by atoms with van der Waals surface area (Å²) in [5.41, 5.74) is 3.85. The number of aromatic nitrogens is 1. The molecule has 68 valence electrons. The number of anilines is 1. The van der Waals surface area contributed by atoms with Gasteiger partial charge >= 0.3 is 6.18 Å². The molecule has 0 aliphatic rings. The van der Waals surface area contributed by atoms with E-state index >= 15 is 0 Å². The maximum Gasteiger partial charge on any atom is 0.419 e. The number of halogens is 3. The number of hydrogen-bond acceptors (Lipinski definition) is 3. The van der Waals surface area contributed by atoms with Gasteiger partial charge in [0.15, 0.2) is 0 Å². The van der Waals surface area contributed by atoms with Crippen molar-refractivity contribution < 1.29 is 13.2 Å². The predicted molar refractivity (Wildman–Crippen MR) is 38.4 cm³/mol. The van der Waals surface area contributed by atoms with Gasteiger partial charge in [0.25, 0.3) is 0 Å². The molecule has 1 aromatic rings. The van der Waals surface area contributed by atoms with E-state index < -0.39 is 17.6 Å². The first-order valence-corrected chi connectivity index (χ1v) is 3.19. The molecular formula is C7H4F3N3. The minimum Gasteiger partial charge on any atom is -0.383 e. The molecule has 0 aromatic carbocycles. The van der Waals surface area contributed by atoms with Crippen molar-refractivity contribution in [1.29, 1.82) is 5.26 Å². The summed E-state index contributed by atoms with van der Waals surface area (Å²) in [4.78, 5) is 3.25. The van der Waals surface area contributed by atoms with Crippen LogP contribution in [0.4, 0.5) is 19.0 Å². The highest BCUT2D eigenvalue weighted by molar-refractivity contribution is 5.44. The molecule has 6 heteroatoms. The van der Waals surface area contributed by atoms with Crippen molar-refractivity contribution in [2.24, 2.45) is 0 Å². The van der Waals surface area contributed by atoms with Gasteiger partial charge in [-0.2, -0.15) is 18.4 Å². The minimum atomic E-state index is -4.52. The number of alkyl halides is 3. The van der Waals surface area contributed by atoms with Gasteiger partial charge in [0, 0.05) is 0 Å². The molecule has 0 unspecified atom stereocenters. The van der Waals surface area contributed by atoms with Crippen molar-refractivity contribution in [1.82, 2.24) is 4.98 Å². The summed E-state index contributed by atoms with van der Waals surface area (Å²) in [6, 6.07) is 3.30. The van der Waals surface area contributed by atoms with E-state index in [1.54, 1.807) is 6.07 Å². The van der Waals surface area contributed by atoms with E-state index in [1.807, 2.05) is 0 Å². The van der Waals surface area contributed by atoms with Crippen LogP contribution in [0.1, 0.15) is 11.3 Å². The van der Waals surface area contributed by atoms with E-state index in [0.29, 0.717) is 0 Å². The molecule has 0 saturated heterocycles. The summed E-state index contributed by atoms with van der Waals surface area (Å²) in [7, 11) is 0. The van der Waals surface area contributed by atoms with Crippen molar-refractivity contribution in [2.75, 3.05) is 5.73 Å². The van der Waals surface area contributed by atoms with Crippen molar-refractivity contribution in [2.45, 2.75) is 6.18 Å². The Bertz CT molecular complexity index is 364. The van der Waals surface area contributed by atoms with Crippen molar-refractivity contribution in [3.63, 3.8) is 0 Å². The molecule has 0 bridgehead atoms. The zero-order valence-electron chi connectivity index (χ0n) is 6.26. The molecule has 0 amide bonds. The first-order chi connectivity index (χ1) is 5.95. The molecule has 2 N–H and O–H groups in total. The second-order valence-electron chi connectivity index (χ2n) is 2.24. The van der Waals surface area contributed by atoms with E-state index in [2.05, 4.69) is 4.98 Å². The van der Waals surface area contributed by atoms with E-state index in [1.165, 1.54) is 0 Å². The topological polar surface area (TPSA) is 62.7 Å². The van der Waals surface area contributed by atoms with Crippen molar-refractivity contribution in [3.05, 3.63) is 23.4 Å². The Kier molecular flexibility index (Phi) is 2.10. The van der Waals surface area contributed by atoms with Crippen LogP contribution in [0.2, 0.25) is 0 Å². The molecule has 0 fully saturated rings.